The molecule has 1 heterocycles. The number of nitrogens with one attached hydrogen (secondary N) is 1. The minimum absolute atomic E-state index is 0.284. The van der Waals surface area contributed by atoms with Crippen LogP contribution in [0, 0.1) is 0 Å². The number of para-hydroxylation sites is 1. The molecule has 1 fully saturated rings. The summed E-state index contributed by atoms with van der Waals surface area (Å²) in [6.07, 6.45) is -0.794. The fraction of sp³-hybridized carbons (Fsp3) is 0.263. The fourth-order valence-electron chi connectivity index (χ4n) is 2.61. The Morgan fingerprint density at radius 1 is 1.00 bits per heavy atom. The molecule has 130 valence electrons. The SMILES string of the molecule is O=C(NCc1ccc(Oc2ccccc2)cc1)[C@@H]1CC[C@H](C(=O)O)O1. The van der Waals surface area contributed by atoms with E-state index in [0.29, 0.717) is 25.1 Å². The molecule has 6 nitrogen and oxygen atoms in total. The minimum Gasteiger partial charge on any atom is -0.479 e. The van der Waals surface area contributed by atoms with Gasteiger partial charge in [-0.25, -0.2) is 4.79 Å². The van der Waals surface area contributed by atoms with Crippen molar-refractivity contribution in [3.05, 3.63) is 60.2 Å². The molecule has 0 aromatic heterocycles. The van der Waals surface area contributed by atoms with E-state index in [0.717, 1.165) is 11.3 Å². The molecular formula is C19H19NO5. The van der Waals surface area contributed by atoms with Crippen LogP contribution in [0.2, 0.25) is 0 Å². The van der Waals surface area contributed by atoms with Crippen LogP contribution in [0.4, 0.5) is 0 Å². The van der Waals surface area contributed by atoms with Crippen molar-refractivity contribution >= 4 is 11.9 Å². The second kappa shape index (κ2) is 7.81. The molecule has 3 rings (SSSR count). The maximum atomic E-state index is 12.0. The first-order chi connectivity index (χ1) is 12.1. The molecular weight excluding hydrogens is 322 g/mol. The largest absolute Gasteiger partial charge is 0.479 e. The highest BCUT2D eigenvalue weighted by molar-refractivity contribution is 5.82. The summed E-state index contributed by atoms with van der Waals surface area (Å²) in [4.78, 5) is 22.9. The smallest absolute Gasteiger partial charge is 0.332 e. The van der Waals surface area contributed by atoms with Crippen molar-refractivity contribution in [2.75, 3.05) is 0 Å². The van der Waals surface area contributed by atoms with E-state index in [1.807, 2.05) is 54.6 Å². The van der Waals surface area contributed by atoms with Crippen molar-refractivity contribution in [3.8, 4) is 11.5 Å². The quantitative estimate of drug-likeness (QED) is 0.844. The highest BCUT2D eigenvalue weighted by Gasteiger charge is 2.34. The molecule has 0 radical (unpaired) electrons. The second-order valence-electron chi connectivity index (χ2n) is 5.81. The molecule has 0 aliphatic carbocycles. The number of carboxylic acid groups (broad SMARTS) is 1. The number of hydrogen-bond acceptors (Lipinski definition) is 4. The molecule has 2 atom stereocenters. The molecule has 0 bridgehead atoms. The lowest BCUT2D eigenvalue weighted by atomic mass is 10.1. The summed E-state index contributed by atoms with van der Waals surface area (Å²) in [6, 6.07) is 16.9. The molecule has 6 heteroatoms. The Morgan fingerprint density at radius 3 is 2.28 bits per heavy atom. The van der Waals surface area contributed by atoms with Gasteiger partial charge >= 0.3 is 5.97 Å². The molecule has 2 aromatic rings. The summed E-state index contributed by atoms with van der Waals surface area (Å²) in [5, 5.41) is 11.7. The van der Waals surface area contributed by atoms with Gasteiger partial charge in [-0.05, 0) is 42.7 Å². The van der Waals surface area contributed by atoms with Gasteiger partial charge in [0, 0.05) is 6.54 Å². The van der Waals surface area contributed by atoms with E-state index in [4.69, 9.17) is 14.6 Å². The van der Waals surface area contributed by atoms with Gasteiger partial charge in [0.2, 0.25) is 5.91 Å². The molecule has 25 heavy (non-hydrogen) atoms. The third-order valence-electron chi connectivity index (χ3n) is 3.96. The lowest BCUT2D eigenvalue weighted by molar-refractivity contribution is -0.151. The fourth-order valence-corrected chi connectivity index (χ4v) is 2.61. The third-order valence-corrected chi connectivity index (χ3v) is 3.96. The van der Waals surface area contributed by atoms with Gasteiger partial charge in [-0.2, -0.15) is 0 Å². The molecule has 0 saturated carbocycles. The zero-order chi connectivity index (χ0) is 17.6. The van der Waals surface area contributed by atoms with E-state index < -0.39 is 18.2 Å². The van der Waals surface area contributed by atoms with Gasteiger partial charge in [-0.15, -0.1) is 0 Å². The van der Waals surface area contributed by atoms with Crippen LogP contribution < -0.4 is 10.1 Å². The standard InChI is InChI=1S/C19H19NO5/c21-18(16-10-11-17(25-16)19(22)23)20-12-13-6-8-15(9-7-13)24-14-4-2-1-3-5-14/h1-9,16-17H,10-12H2,(H,20,21)(H,22,23)/t16-,17+/m0/s1. The topological polar surface area (TPSA) is 84.9 Å². The van der Waals surface area contributed by atoms with Gasteiger partial charge in [0.25, 0.3) is 0 Å². The first-order valence-corrected chi connectivity index (χ1v) is 8.09. The van der Waals surface area contributed by atoms with Gasteiger partial charge in [0.15, 0.2) is 6.10 Å². The Bertz CT molecular complexity index is 729. The predicted octanol–water partition coefficient (Wildman–Crippen LogP) is 2.73. The van der Waals surface area contributed by atoms with E-state index in [9.17, 15) is 9.59 Å². The first-order valence-electron chi connectivity index (χ1n) is 8.09. The molecule has 0 unspecified atom stereocenters. The van der Waals surface area contributed by atoms with Crippen LogP contribution in [-0.4, -0.2) is 29.2 Å². The van der Waals surface area contributed by atoms with E-state index in [2.05, 4.69) is 5.32 Å². The Balaban J connectivity index is 1.49. The summed E-state index contributed by atoms with van der Waals surface area (Å²) >= 11 is 0. The highest BCUT2D eigenvalue weighted by atomic mass is 16.5. The van der Waals surface area contributed by atoms with Gasteiger partial charge in [-0.3, -0.25) is 4.79 Å². The highest BCUT2D eigenvalue weighted by Crippen LogP contribution is 2.22. The van der Waals surface area contributed by atoms with Gasteiger partial charge in [0.05, 0.1) is 0 Å². The van der Waals surface area contributed by atoms with Crippen LogP contribution in [0.15, 0.2) is 54.6 Å². The first kappa shape index (κ1) is 17.0. The molecule has 2 N–H and O–H groups in total. The number of benzene rings is 2. The van der Waals surface area contributed by atoms with E-state index in [1.165, 1.54) is 0 Å². The summed E-state index contributed by atoms with van der Waals surface area (Å²) in [5.41, 5.74) is 0.918. The Morgan fingerprint density at radius 2 is 1.64 bits per heavy atom. The van der Waals surface area contributed by atoms with Crippen LogP contribution in [-0.2, 0) is 20.9 Å². The van der Waals surface area contributed by atoms with Gasteiger partial charge in [0.1, 0.15) is 17.6 Å². The number of carboxylic acids is 1. The lowest BCUT2D eigenvalue weighted by Crippen LogP contribution is -2.35. The zero-order valence-electron chi connectivity index (χ0n) is 13.6. The number of carbonyl (C=O) groups is 2. The summed E-state index contributed by atoms with van der Waals surface area (Å²) in [7, 11) is 0. The summed E-state index contributed by atoms with van der Waals surface area (Å²) in [5.74, 6) is 0.164. The molecule has 1 amide bonds. The maximum absolute atomic E-state index is 12.0. The van der Waals surface area contributed by atoms with Gasteiger partial charge < -0.3 is 19.9 Å². The number of carbonyl (C=O) groups excluding carboxylic acids is 1. The van der Waals surface area contributed by atoms with Gasteiger partial charge in [-0.1, -0.05) is 30.3 Å². The van der Waals surface area contributed by atoms with Crippen molar-refractivity contribution in [3.63, 3.8) is 0 Å². The van der Waals surface area contributed by atoms with Crippen LogP contribution >= 0.6 is 0 Å². The number of hydrogen-bond donors (Lipinski definition) is 2. The monoisotopic (exact) mass is 341 g/mol. The Labute approximate surface area is 145 Å². The summed E-state index contributed by atoms with van der Waals surface area (Å²) in [6.45, 7) is 0.349. The average molecular weight is 341 g/mol. The van der Waals surface area contributed by atoms with Crippen LogP contribution in [0.5, 0.6) is 11.5 Å². The number of aliphatic carboxylic acids is 1. The van der Waals surface area contributed by atoms with E-state index >= 15 is 0 Å². The number of rotatable bonds is 6. The van der Waals surface area contributed by atoms with Crippen LogP contribution in [0.1, 0.15) is 18.4 Å². The minimum atomic E-state index is -1.02. The molecule has 1 aliphatic rings. The maximum Gasteiger partial charge on any atom is 0.332 e. The van der Waals surface area contributed by atoms with Crippen molar-refractivity contribution in [1.82, 2.24) is 5.32 Å². The predicted molar refractivity (Wildman–Crippen MR) is 90.3 cm³/mol. The summed E-state index contributed by atoms with van der Waals surface area (Å²) < 4.78 is 10.9. The van der Waals surface area contributed by atoms with Crippen molar-refractivity contribution < 1.29 is 24.2 Å². The van der Waals surface area contributed by atoms with E-state index in [-0.39, 0.29) is 5.91 Å². The van der Waals surface area contributed by atoms with Crippen molar-refractivity contribution in [2.45, 2.75) is 31.6 Å². The molecule has 1 aliphatic heterocycles. The Hall–Kier alpha value is -2.86. The molecule has 0 spiro atoms. The lowest BCUT2D eigenvalue weighted by Gasteiger charge is -2.12. The number of ether oxygens (including phenoxy) is 2. The number of amides is 1. The normalized spacial score (nSPS) is 19.4. The zero-order valence-corrected chi connectivity index (χ0v) is 13.6. The third kappa shape index (κ3) is 4.58. The van der Waals surface area contributed by atoms with Crippen molar-refractivity contribution in [1.29, 1.82) is 0 Å². The van der Waals surface area contributed by atoms with Crippen LogP contribution in [0.25, 0.3) is 0 Å². The van der Waals surface area contributed by atoms with Crippen molar-refractivity contribution in [2.24, 2.45) is 0 Å². The second-order valence-corrected chi connectivity index (χ2v) is 5.81. The molecule has 1 saturated heterocycles. The van der Waals surface area contributed by atoms with E-state index in [1.54, 1.807) is 0 Å². The average Bonchev–Trinajstić information content (AvgIpc) is 3.12. The Kier molecular flexibility index (Phi) is 5.30. The van der Waals surface area contributed by atoms with Crippen LogP contribution in [0.3, 0.4) is 0 Å². The molecule has 2 aromatic carbocycles.